The zero-order valence-electron chi connectivity index (χ0n) is 11.3. The molecule has 4 nitrogen and oxygen atoms in total. The third-order valence-corrected chi connectivity index (χ3v) is 4.61. The van der Waals surface area contributed by atoms with E-state index in [0.29, 0.717) is 10.4 Å². The highest BCUT2D eigenvalue weighted by molar-refractivity contribution is 7.17. The van der Waals surface area contributed by atoms with Gasteiger partial charge in [0.05, 0.1) is 5.39 Å². The number of nitrogens with zero attached hydrogens (tertiary/aromatic N) is 3. The van der Waals surface area contributed by atoms with Gasteiger partial charge in [0.1, 0.15) is 11.2 Å². The Morgan fingerprint density at radius 1 is 1.09 bits per heavy atom. The van der Waals surface area contributed by atoms with Gasteiger partial charge in [0.2, 0.25) is 0 Å². The highest BCUT2D eigenvalue weighted by Crippen LogP contribution is 2.31. The average Bonchev–Trinajstić information content (AvgIpc) is 3.18. The average molecular weight is 328 g/mol. The molecule has 6 heteroatoms. The van der Waals surface area contributed by atoms with Gasteiger partial charge in [-0.05, 0) is 29.8 Å². The molecule has 0 spiro atoms. The summed E-state index contributed by atoms with van der Waals surface area (Å²) in [5.74, 6) is 0. The van der Waals surface area contributed by atoms with E-state index >= 15 is 0 Å². The number of hydrogen-bond acceptors (Lipinski definition) is 3. The first-order chi connectivity index (χ1) is 10.7. The molecule has 1 aromatic carbocycles. The van der Waals surface area contributed by atoms with Crippen molar-refractivity contribution in [1.29, 1.82) is 0 Å². The van der Waals surface area contributed by atoms with E-state index in [1.54, 1.807) is 11.0 Å². The smallest absolute Gasteiger partial charge is 0.267 e. The molecule has 0 radical (unpaired) electrons. The van der Waals surface area contributed by atoms with Gasteiger partial charge in [-0.25, -0.2) is 9.66 Å². The van der Waals surface area contributed by atoms with E-state index in [-0.39, 0.29) is 5.56 Å². The summed E-state index contributed by atoms with van der Waals surface area (Å²) < 4.78 is 3.20. The van der Waals surface area contributed by atoms with Crippen LogP contribution in [0.5, 0.6) is 0 Å². The standard InChI is InChI=1S/C16H10ClN3OS/c17-12-5-3-11(4-6-12)13-9-22-15-14(13)16(21)20(10-18-15)19-7-1-2-8-19/h1-10H. The molecule has 0 saturated heterocycles. The van der Waals surface area contributed by atoms with Gasteiger partial charge >= 0.3 is 0 Å². The lowest BCUT2D eigenvalue weighted by Gasteiger charge is -2.06. The van der Waals surface area contributed by atoms with E-state index in [2.05, 4.69) is 4.98 Å². The molecule has 0 aliphatic heterocycles. The number of aromatic nitrogens is 3. The number of halogens is 1. The Kier molecular flexibility index (Phi) is 3.10. The second kappa shape index (κ2) is 5.12. The van der Waals surface area contributed by atoms with Crippen molar-refractivity contribution in [2.75, 3.05) is 0 Å². The quantitative estimate of drug-likeness (QED) is 0.560. The molecule has 0 unspecified atom stereocenters. The predicted molar refractivity (Wildman–Crippen MR) is 89.6 cm³/mol. The summed E-state index contributed by atoms with van der Waals surface area (Å²) in [6.07, 6.45) is 5.17. The fraction of sp³-hybridized carbons (Fsp3) is 0. The van der Waals surface area contributed by atoms with Gasteiger partial charge in [-0.2, -0.15) is 0 Å². The monoisotopic (exact) mass is 327 g/mol. The fourth-order valence-corrected chi connectivity index (χ4v) is 3.43. The van der Waals surface area contributed by atoms with Crippen LogP contribution in [0.15, 0.2) is 65.3 Å². The molecule has 108 valence electrons. The van der Waals surface area contributed by atoms with Crippen molar-refractivity contribution in [3.63, 3.8) is 0 Å². The molecule has 0 bridgehead atoms. The second-order valence-electron chi connectivity index (χ2n) is 4.79. The number of hydrogen-bond donors (Lipinski definition) is 0. The van der Waals surface area contributed by atoms with Crippen LogP contribution in [0, 0.1) is 0 Å². The maximum absolute atomic E-state index is 12.8. The lowest BCUT2D eigenvalue weighted by molar-refractivity contribution is 0.628. The fourth-order valence-electron chi connectivity index (χ4n) is 2.40. The van der Waals surface area contributed by atoms with Crippen LogP contribution in [0.1, 0.15) is 0 Å². The van der Waals surface area contributed by atoms with E-state index in [4.69, 9.17) is 11.6 Å². The summed E-state index contributed by atoms with van der Waals surface area (Å²) in [6, 6.07) is 11.2. The number of fused-ring (bicyclic) bond motifs is 1. The van der Waals surface area contributed by atoms with Crippen LogP contribution >= 0.6 is 22.9 Å². The zero-order chi connectivity index (χ0) is 15.1. The minimum atomic E-state index is -0.0904. The van der Waals surface area contributed by atoms with Gasteiger partial charge < -0.3 is 0 Å². The van der Waals surface area contributed by atoms with Gasteiger partial charge in [-0.15, -0.1) is 11.3 Å². The molecule has 0 atom stereocenters. The molecule has 0 fully saturated rings. The summed E-state index contributed by atoms with van der Waals surface area (Å²) in [5.41, 5.74) is 1.75. The van der Waals surface area contributed by atoms with E-state index < -0.39 is 0 Å². The summed E-state index contributed by atoms with van der Waals surface area (Å²) in [6.45, 7) is 0. The minimum Gasteiger partial charge on any atom is -0.267 e. The van der Waals surface area contributed by atoms with Crippen LogP contribution in [-0.2, 0) is 0 Å². The summed E-state index contributed by atoms with van der Waals surface area (Å²) in [5, 5.41) is 3.26. The lowest BCUT2D eigenvalue weighted by Crippen LogP contribution is -2.25. The molecule has 0 saturated carbocycles. The van der Waals surface area contributed by atoms with E-state index in [1.165, 1.54) is 16.0 Å². The summed E-state index contributed by atoms with van der Waals surface area (Å²) in [7, 11) is 0. The van der Waals surface area contributed by atoms with Crippen molar-refractivity contribution in [2.24, 2.45) is 0 Å². The van der Waals surface area contributed by atoms with Gasteiger partial charge in [0.25, 0.3) is 5.56 Å². The molecule has 4 aromatic rings. The highest BCUT2D eigenvalue weighted by Gasteiger charge is 2.13. The van der Waals surface area contributed by atoms with Crippen molar-refractivity contribution in [3.8, 4) is 11.1 Å². The van der Waals surface area contributed by atoms with Crippen LogP contribution in [0.4, 0.5) is 0 Å². The molecule has 3 aromatic heterocycles. The number of benzene rings is 1. The molecular formula is C16H10ClN3OS. The Morgan fingerprint density at radius 3 is 2.55 bits per heavy atom. The van der Waals surface area contributed by atoms with Gasteiger partial charge in [0, 0.05) is 28.4 Å². The first-order valence-corrected chi connectivity index (χ1v) is 7.88. The van der Waals surface area contributed by atoms with Gasteiger partial charge in [-0.1, -0.05) is 23.7 Å². The molecule has 4 rings (SSSR count). The topological polar surface area (TPSA) is 39.8 Å². The first kappa shape index (κ1) is 13.3. The van der Waals surface area contributed by atoms with Crippen molar-refractivity contribution in [2.45, 2.75) is 0 Å². The van der Waals surface area contributed by atoms with E-state index in [0.717, 1.165) is 16.0 Å². The van der Waals surface area contributed by atoms with Gasteiger partial charge in [0.15, 0.2) is 0 Å². The van der Waals surface area contributed by atoms with Crippen molar-refractivity contribution in [3.05, 3.63) is 75.9 Å². The SMILES string of the molecule is O=c1c2c(-c3ccc(Cl)cc3)csc2ncn1-n1cccc1. The Hall–Kier alpha value is -2.37. The maximum atomic E-state index is 12.8. The molecule has 3 heterocycles. The predicted octanol–water partition coefficient (Wildman–Crippen LogP) is 3.89. The molecule has 0 aliphatic rings. The number of rotatable bonds is 2. The Bertz CT molecular complexity index is 1000. The van der Waals surface area contributed by atoms with Crippen LogP contribution in [0.25, 0.3) is 21.3 Å². The molecule has 0 N–H and O–H groups in total. The van der Waals surface area contributed by atoms with E-state index in [9.17, 15) is 4.79 Å². The van der Waals surface area contributed by atoms with Crippen molar-refractivity contribution >= 4 is 33.2 Å². The second-order valence-corrected chi connectivity index (χ2v) is 6.09. The largest absolute Gasteiger partial charge is 0.282 e. The Morgan fingerprint density at radius 2 is 1.82 bits per heavy atom. The van der Waals surface area contributed by atoms with E-state index in [1.807, 2.05) is 54.2 Å². The third kappa shape index (κ3) is 2.06. The number of thiophene rings is 1. The maximum Gasteiger partial charge on any atom is 0.282 e. The Labute approximate surface area is 134 Å². The third-order valence-electron chi connectivity index (χ3n) is 3.47. The highest BCUT2D eigenvalue weighted by atomic mass is 35.5. The minimum absolute atomic E-state index is 0.0904. The van der Waals surface area contributed by atoms with Gasteiger partial charge in [-0.3, -0.25) is 9.47 Å². The first-order valence-electron chi connectivity index (χ1n) is 6.62. The van der Waals surface area contributed by atoms with Crippen LogP contribution in [-0.4, -0.2) is 14.3 Å². The normalized spacial score (nSPS) is 11.1. The summed E-state index contributed by atoms with van der Waals surface area (Å²) >= 11 is 7.40. The molecule has 0 amide bonds. The van der Waals surface area contributed by atoms with Crippen LogP contribution in [0.2, 0.25) is 5.02 Å². The molecule has 22 heavy (non-hydrogen) atoms. The van der Waals surface area contributed by atoms with Crippen LogP contribution < -0.4 is 5.56 Å². The Balaban J connectivity index is 1.99. The molecular weight excluding hydrogens is 318 g/mol. The van der Waals surface area contributed by atoms with Crippen molar-refractivity contribution in [1.82, 2.24) is 14.3 Å². The lowest BCUT2D eigenvalue weighted by atomic mass is 10.1. The van der Waals surface area contributed by atoms with Crippen LogP contribution in [0.3, 0.4) is 0 Å². The summed E-state index contributed by atoms with van der Waals surface area (Å²) in [4.78, 5) is 18.0. The van der Waals surface area contributed by atoms with Crippen molar-refractivity contribution < 1.29 is 0 Å². The molecule has 0 aliphatic carbocycles. The zero-order valence-corrected chi connectivity index (χ0v) is 12.9.